The summed E-state index contributed by atoms with van der Waals surface area (Å²) >= 11 is 0. The van der Waals surface area contributed by atoms with Crippen LogP contribution in [0.15, 0.2) is 40.0 Å². The Balaban J connectivity index is 2.72. The summed E-state index contributed by atoms with van der Waals surface area (Å²) in [7, 11) is -4.48. The highest BCUT2D eigenvalue weighted by atomic mass is 32.2. The highest BCUT2D eigenvalue weighted by Crippen LogP contribution is 2.21. The topological polar surface area (TPSA) is 121 Å². The van der Waals surface area contributed by atoms with E-state index in [4.69, 9.17) is 4.74 Å². The minimum atomic E-state index is -4.48. The number of hydrogen-bond acceptors (Lipinski definition) is 7. The third kappa shape index (κ3) is 2.92. The van der Waals surface area contributed by atoms with E-state index in [1.54, 1.807) is 19.1 Å². The van der Waals surface area contributed by atoms with Gasteiger partial charge >= 0.3 is 16.0 Å². The lowest BCUT2D eigenvalue weighted by atomic mass is 10.4. The van der Waals surface area contributed by atoms with Gasteiger partial charge in [-0.15, -0.1) is 0 Å². The lowest BCUT2D eigenvalue weighted by molar-refractivity contribution is 0.0521. The number of nitrogens with zero attached hydrogens (tertiary/aromatic N) is 4. The van der Waals surface area contributed by atoms with Crippen molar-refractivity contribution in [2.75, 3.05) is 6.61 Å². The van der Waals surface area contributed by atoms with E-state index in [0.29, 0.717) is 0 Å². The van der Waals surface area contributed by atoms with E-state index < -0.39 is 21.0 Å². The summed E-state index contributed by atoms with van der Waals surface area (Å²) in [6, 6.07) is 4.70. The quantitative estimate of drug-likeness (QED) is 0.445. The van der Waals surface area contributed by atoms with Crippen LogP contribution in [-0.2, 0) is 19.6 Å². The molecule has 2 aromatic heterocycles. The van der Waals surface area contributed by atoms with Crippen molar-refractivity contribution in [2.45, 2.75) is 11.9 Å². The molecular weight excluding hydrogens is 312 g/mol. The van der Waals surface area contributed by atoms with Gasteiger partial charge in [-0.2, -0.15) is 13.5 Å². The Hall–Kier alpha value is -2.84. The average Bonchev–Trinajstić information content (AvgIpc) is 2.94. The van der Waals surface area contributed by atoms with Gasteiger partial charge in [0.15, 0.2) is 10.8 Å². The SMILES string of the molecule is CCOC(=O)c1cnn(-c2ccccn2)c1S(=O)(=O)N=C=O. The summed E-state index contributed by atoms with van der Waals surface area (Å²) in [4.78, 5) is 26.1. The summed E-state index contributed by atoms with van der Waals surface area (Å²) in [5.74, 6) is -0.762. The zero-order valence-electron chi connectivity index (χ0n) is 11.3. The van der Waals surface area contributed by atoms with Crippen molar-refractivity contribution >= 4 is 22.1 Å². The Labute approximate surface area is 125 Å². The molecule has 2 heterocycles. The van der Waals surface area contributed by atoms with Crippen molar-refractivity contribution in [3.05, 3.63) is 36.2 Å². The predicted octanol–water partition coefficient (Wildman–Crippen LogP) is 0.468. The number of esters is 1. The van der Waals surface area contributed by atoms with Crippen LogP contribution in [0.4, 0.5) is 0 Å². The summed E-state index contributed by atoms with van der Waals surface area (Å²) in [5, 5.41) is 3.22. The van der Waals surface area contributed by atoms with E-state index in [1.165, 1.54) is 12.3 Å². The maximum absolute atomic E-state index is 12.1. The molecule has 22 heavy (non-hydrogen) atoms. The Morgan fingerprint density at radius 3 is 2.82 bits per heavy atom. The number of hydrogen-bond donors (Lipinski definition) is 0. The van der Waals surface area contributed by atoms with Crippen molar-refractivity contribution < 1.29 is 22.7 Å². The highest BCUT2D eigenvalue weighted by molar-refractivity contribution is 7.90. The summed E-state index contributed by atoms with van der Waals surface area (Å²) < 4.78 is 32.6. The van der Waals surface area contributed by atoms with Gasteiger partial charge in [-0.05, 0) is 19.1 Å². The molecule has 114 valence electrons. The molecule has 0 saturated heterocycles. The molecule has 0 radical (unpaired) electrons. The molecule has 0 bridgehead atoms. The van der Waals surface area contributed by atoms with Crippen molar-refractivity contribution in [1.29, 1.82) is 0 Å². The summed E-state index contributed by atoms with van der Waals surface area (Å²) in [6.45, 7) is 1.61. The first-order valence-corrected chi connectivity index (χ1v) is 7.46. The van der Waals surface area contributed by atoms with E-state index in [9.17, 15) is 18.0 Å². The summed E-state index contributed by atoms with van der Waals surface area (Å²) in [5.41, 5.74) is -0.341. The molecule has 9 nitrogen and oxygen atoms in total. The summed E-state index contributed by atoms with van der Waals surface area (Å²) in [6.07, 6.45) is 3.38. The second-order valence-corrected chi connectivity index (χ2v) is 5.36. The number of sulfonamides is 1. The van der Waals surface area contributed by atoms with Crippen LogP contribution in [0.3, 0.4) is 0 Å². The smallest absolute Gasteiger partial charge is 0.342 e. The van der Waals surface area contributed by atoms with Gasteiger partial charge in [0.25, 0.3) is 6.08 Å². The van der Waals surface area contributed by atoms with Crippen molar-refractivity contribution in [3.63, 3.8) is 0 Å². The lowest BCUT2D eigenvalue weighted by Crippen LogP contribution is -2.14. The van der Waals surface area contributed by atoms with Crippen LogP contribution >= 0.6 is 0 Å². The Bertz CT molecular complexity index is 838. The fourth-order valence-electron chi connectivity index (χ4n) is 1.67. The van der Waals surface area contributed by atoms with Gasteiger partial charge in [0.2, 0.25) is 0 Å². The number of pyridine rings is 1. The molecule has 10 heteroatoms. The number of rotatable bonds is 5. The zero-order chi connectivity index (χ0) is 16.2. The predicted molar refractivity (Wildman–Crippen MR) is 72.6 cm³/mol. The van der Waals surface area contributed by atoms with Crippen molar-refractivity contribution in [2.24, 2.45) is 4.40 Å². The first-order valence-electron chi connectivity index (χ1n) is 6.02. The molecule has 0 aromatic carbocycles. The highest BCUT2D eigenvalue weighted by Gasteiger charge is 2.30. The van der Waals surface area contributed by atoms with Gasteiger partial charge in [-0.1, -0.05) is 10.5 Å². The van der Waals surface area contributed by atoms with Gasteiger partial charge in [0.05, 0.1) is 12.8 Å². The van der Waals surface area contributed by atoms with E-state index in [1.807, 2.05) is 0 Å². The van der Waals surface area contributed by atoms with Crippen LogP contribution in [0.5, 0.6) is 0 Å². The minimum absolute atomic E-state index is 0.0457. The van der Waals surface area contributed by atoms with Crippen LogP contribution in [0.1, 0.15) is 17.3 Å². The van der Waals surface area contributed by atoms with Crippen LogP contribution in [0.25, 0.3) is 5.82 Å². The normalized spacial score (nSPS) is 10.8. The van der Waals surface area contributed by atoms with E-state index in [0.717, 1.165) is 17.0 Å². The molecule has 0 saturated carbocycles. The van der Waals surface area contributed by atoms with Gasteiger partial charge in [-0.25, -0.2) is 19.3 Å². The molecule has 0 atom stereocenters. The van der Waals surface area contributed by atoms with Crippen LogP contribution in [0, 0.1) is 0 Å². The lowest BCUT2D eigenvalue weighted by Gasteiger charge is -2.06. The maximum atomic E-state index is 12.1. The molecule has 0 aliphatic heterocycles. The molecule has 2 rings (SSSR count). The number of carbonyl (C=O) groups is 1. The molecule has 0 aliphatic carbocycles. The second-order valence-electron chi connectivity index (χ2n) is 3.84. The molecule has 0 aliphatic rings. The Morgan fingerprint density at radius 1 is 1.45 bits per heavy atom. The van der Waals surface area contributed by atoms with Crippen molar-refractivity contribution in [1.82, 2.24) is 14.8 Å². The van der Waals surface area contributed by atoms with Gasteiger partial charge in [0, 0.05) is 6.20 Å². The fraction of sp³-hybridized carbons (Fsp3) is 0.167. The Kier molecular flexibility index (Phi) is 4.44. The maximum Gasteiger partial charge on any atom is 0.342 e. The van der Waals surface area contributed by atoms with Crippen LogP contribution in [0.2, 0.25) is 0 Å². The average molecular weight is 322 g/mol. The molecule has 0 unspecified atom stereocenters. The van der Waals surface area contributed by atoms with Crippen molar-refractivity contribution in [3.8, 4) is 5.82 Å². The van der Waals surface area contributed by atoms with E-state index >= 15 is 0 Å². The molecular formula is C12H10N4O5S. The number of ether oxygens (including phenoxy) is 1. The first-order chi connectivity index (χ1) is 10.5. The van der Waals surface area contributed by atoms with E-state index in [2.05, 4.69) is 14.5 Å². The first kappa shape index (κ1) is 15.5. The second kappa shape index (κ2) is 6.29. The number of carbonyl (C=O) groups excluding carboxylic acids is 2. The van der Waals surface area contributed by atoms with E-state index in [-0.39, 0.29) is 18.0 Å². The number of aromatic nitrogens is 3. The zero-order valence-corrected chi connectivity index (χ0v) is 12.1. The molecule has 0 amide bonds. The fourth-order valence-corrected chi connectivity index (χ4v) is 2.63. The third-order valence-electron chi connectivity index (χ3n) is 2.49. The van der Waals surface area contributed by atoms with Gasteiger partial charge < -0.3 is 4.74 Å². The minimum Gasteiger partial charge on any atom is -0.462 e. The van der Waals surface area contributed by atoms with Gasteiger partial charge in [-0.3, -0.25) is 0 Å². The van der Waals surface area contributed by atoms with Gasteiger partial charge in [0.1, 0.15) is 5.56 Å². The third-order valence-corrected chi connectivity index (χ3v) is 3.68. The van der Waals surface area contributed by atoms with Crippen LogP contribution in [-0.4, -0.2) is 41.8 Å². The molecule has 0 fully saturated rings. The molecule has 0 N–H and O–H groups in total. The number of isocyanates is 1. The molecule has 0 spiro atoms. The standard InChI is InChI=1S/C12H10N4O5S/c1-2-21-12(18)9-7-14-16(10-5-3-4-6-13-10)11(9)22(19,20)15-8-17/h3-7H,2H2,1H3. The van der Waals surface area contributed by atoms with Crippen LogP contribution < -0.4 is 0 Å². The largest absolute Gasteiger partial charge is 0.462 e. The molecule has 2 aromatic rings. The Morgan fingerprint density at radius 2 is 2.23 bits per heavy atom. The monoisotopic (exact) mass is 322 g/mol.